The molecule has 0 atom stereocenters. The smallest absolute Gasteiger partial charge is 0.199 e. The molecule has 2 nitrogen and oxygen atoms in total. The Hall–Kier alpha value is 0.340. The van der Waals surface area contributed by atoms with E-state index in [1.807, 2.05) is 0 Å². The first kappa shape index (κ1) is 8.34. The van der Waals surface area contributed by atoms with E-state index in [0.29, 0.717) is 0 Å². The van der Waals surface area contributed by atoms with Crippen molar-refractivity contribution in [1.82, 2.24) is 0 Å². The van der Waals surface area contributed by atoms with E-state index in [0.717, 1.165) is 0 Å². The predicted octanol–water partition coefficient (Wildman–Crippen LogP) is 1.34. The maximum atomic E-state index is 5.22. The quantitative estimate of drug-likeness (QED) is 0.292. The lowest BCUT2D eigenvalue weighted by molar-refractivity contribution is 1.24. The minimum Gasteiger partial charge on any atom is -0.386 e. The van der Waals surface area contributed by atoms with Crippen molar-refractivity contribution < 1.29 is 0 Å². The van der Waals surface area contributed by atoms with E-state index in [9.17, 15) is 0 Å². The molecular weight excluding hydrogens is 170 g/mol. The molecule has 0 fully saturated rings. The zero-order valence-electron chi connectivity index (χ0n) is 3.94. The second kappa shape index (κ2) is 4.24. The molecule has 0 saturated carbocycles. The molecule has 0 radical (unpaired) electrons. The summed E-state index contributed by atoms with van der Waals surface area (Å²) in [5.74, 6) is 0.414. The molecule has 0 unspecified atom stereocenters. The summed E-state index contributed by atoms with van der Waals surface area (Å²) in [6.45, 7) is 0. The zero-order chi connectivity index (χ0) is 6.57. The van der Waals surface area contributed by atoms with Crippen molar-refractivity contribution in [3.63, 3.8) is 0 Å². The third kappa shape index (κ3) is 4.50. The maximum Gasteiger partial charge on any atom is 0.199 e. The number of hydrogen-bond donors (Lipinski definition) is 1. The summed E-state index contributed by atoms with van der Waals surface area (Å²) in [6.07, 6.45) is 0. The Labute approximate surface area is 62.6 Å². The van der Waals surface area contributed by atoms with Gasteiger partial charge < -0.3 is 5.73 Å². The van der Waals surface area contributed by atoms with Crippen molar-refractivity contribution in [1.29, 1.82) is 0 Å². The van der Waals surface area contributed by atoms with Crippen LogP contribution in [0, 0.1) is 0 Å². The van der Waals surface area contributed by atoms with E-state index >= 15 is 0 Å². The molecule has 5 heteroatoms. The Balaban J connectivity index is 3.56. The van der Waals surface area contributed by atoms with Crippen molar-refractivity contribution in [2.75, 3.05) is 5.88 Å². The second-order valence-corrected chi connectivity index (χ2v) is 2.35. The molecule has 48 valence electrons. The van der Waals surface area contributed by atoms with Gasteiger partial charge in [-0.1, -0.05) is 23.2 Å². The summed E-state index contributed by atoms with van der Waals surface area (Å²) >= 11 is 15.6. The average molecular weight is 175 g/mol. The lowest BCUT2D eigenvalue weighted by Crippen LogP contribution is -2.14. The van der Waals surface area contributed by atoms with Gasteiger partial charge in [0.2, 0.25) is 0 Å². The number of aliphatic imine (C=N–C) groups is 1. The second-order valence-electron chi connectivity index (χ2n) is 1.03. The molecule has 0 spiro atoms. The van der Waals surface area contributed by atoms with Crippen molar-refractivity contribution >= 4 is 40.6 Å². The van der Waals surface area contributed by atoms with E-state index in [-0.39, 0.29) is 11.7 Å². The summed E-state index contributed by atoms with van der Waals surface area (Å²) in [4.78, 5) is 2.69. The first-order valence-corrected chi connectivity index (χ1v) is 3.24. The van der Waals surface area contributed by atoms with Gasteiger partial charge in [-0.15, -0.1) is 11.6 Å². The molecule has 0 aromatic heterocycles. The molecular formula is C3H5Cl3N2. The lowest BCUT2D eigenvalue weighted by atomic mass is 10.7. The summed E-state index contributed by atoms with van der Waals surface area (Å²) in [5, 5.41) is 0. The highest BCUT2D eigenvalue weighted by Crippen LogP contribution is 2.01. The first-order valence-electron chi connectivity index (χ1n) is 1.83. The summed E-state index contributed by atoms with van der Waals surface area (Å²) in [6, 6.07) is 0. The fourth-order valence-electron chi connectivity index (χ4n) is 0.160. The van der Waals surface area contributed by atoms with E-state index in [1.165, 1.54) is 0 Å². The molecule has 0 rings (SSSR count). The minimum atomic E-state index is -0.797. The molecule has 0 bridgehead atoms. The highest BCUT2D eigenvalue weighted by atomic mass is 35.5. The molecule has 8 heavy (non-hydrogen) atoms. The van der Waals surface area contributed by atoms with Gasteiger partial charge in [0.25, 0.3) is 0 Å². The average Bonchev–Trinajstić information content (AvgIpc) is 1.65. The number of halogens is 3. The Morgan fingerprint density at radius 2 is 2.12 bits per heavy atom. The standard InChI is InChI=1S/C3H5Cl3N2/c4-1-2(7)8-3(5)6/h3H,1H2,(H2,7,8). The van der Waals surface area contributed by atoms with Gasteiger partial charge in [0.15, 0.2) is 4.96 Å². The monoisotopic (exact) mass is 174 g/mol. The highest BCUT2D eigenvalue weighted by molar-refractivity contribution is 6.44. The van der Waals surface area contributed by atoms with E-state index < -0.39 is 4.96 Å². The molecule has 0 aliphatic heterocycles. The Bertz CT molecular complexity index is 90.5. The third-order valence-electron chi connectivity index (χ3n) is 0.400. The van der Waals surface area contributed by atoms with Gasteiger partial charge in [-0.25, -0.2) is 4.99 Å². The first-order chi connectivity index (χ1) is 3.66. The van der Waals surface area contributed by atoms with Crippen molar-refractivity contribution in [2.45, 2.75) is 4.96 Å². The summed E-state index contributed by atoms with van der Waals surface area (Å²) < 4.78 is 0. The molecule has 0 aromatic rings. The van der Waals surface area contributed by atoms with Crippen LogP contribution in [0.2, 0.25) is 0 Å². The van der Waals surface area contributed by atoms with Gasteiger partial charge in [0.1, 0.15) is 5.84 Å². The fraction of sp³-hybridized carbons (Fsp3) is 0.667. The van der Waals surface area contributed by atoms with Gasteiger partial charge in [0.05, 0.1) is 5.88 Å². The molecule has 2 N–H and O–H groups in total. The largest absolute Gasteiger partial charge is 0.386 e. The molecule has 0 heterocycles. The van der Waals surface area contributed by atoms with Crippen LogP contribution in [0.25, 0.3) is 0 Å². The van der Waals surface area contributed by atoms with Crippen molar-refractivity contribution in [3.05, 3.63) is 0 Å². The van der Waals surface area contributed by atoms with Crippen LogP contribution in [0.1, 0.15) is 0 Å². The number of nitrogens with two attached hydrogens (primary N) is 1. The number of nitrogens with zero attached hydrogens (tertiary/aromatic N) is 1. The normalized spacial score (nSPS) is 12.8. The minimum absolute atomic E-state index is 0.163. The van der Waals surface area contributed by atoms with E-state index in [2.05, 4.69) is 4.99 Å². The predicted molar refractivity (Wildman–Crippen MR) is 37.8 cm³/mol. The van der Waals surface area contributed by atoms with Crippen LogP contribution < -0.4 is 5.73 Å². The molecule has 0 aliphatic rings. The topological polar surface area (TPSA) is 38.4 Å². The molecule has 0 amide bonds. The summed E-state index contributed by atoms with van der Waals surface area (Å²) in [5.41, 5.74) is 5.12. The van der Waals surface area contributed by atoms with Gasteiger partial charge in [-0.05, 0) is 0 Å². The Morgan fingerprint density at radius 3 is 2.25 bits per heavy atom. The van der Waals surface area contributed by atoms with Gasteiger partial charge >= 0.3 is 0 Å². The number of hydrogen-bond acceptors (Lipinski definition) is 1. The SMILES string of the molecule is N/C(CCl)=N/C(Cl)Cl. The van der Waals surface area contributed by atoms with Gasteiger partial charge in [-0.2, -0.15) is 0 Å². The maximum absolute atomic E-state index is 5.22. The van der Waals surface area contributed by atoms with Gasteiger partial charge in [-0.3, -0.25) is 0 Å². The van der Waals surface area contributed by atoms with Gasteiger partial charge in [0, 0.05) is 0 Å². The third-order valence-corrected chi connectivity index (χ3v) is 0.869. The highest BCUT2D eigenvalue weighted by Gasteiger charge is 1.93. The number of rotatable bonds is 2. The number of amidine groups is 1. The van der Waals surface area contributed by atoms with Crippen LogP contribution >= 0.6 is 34.8 Å². The van der Waals surface area contributed by atoms with E-state index in [4.69, 9.17) is 40.5 Å². The van der Waals surface area contributed by atoms with E-state index in [1.54, 1.807) is 0 Å². The van der Waals surface area contributed by atoms with Crippen LogP contribution in [-0.2, 0) is 0 Å². The summed E-state index contributed by atoms with van der Waals surface area (Å²) in [7, 11) is 0. The molecule has 0 aliphatic carbocycles. The van der Waals surface area contributed by atoms with Crippen molar-refractivity contribution in [2.24, 2.45) is 10.7 Å². The van der Waals surface area contributed by atoms with Crippen LogP contribution in [0.15, 0.2) is 4.99 Å². The fourth-order valence-corrected chi connectivity index (χ4v) is 0.480. The molecule has 0 saturated heterocycles. The number of alkyl halides is 3. The lowest BCUT2D eigenvalue weighted by Gasteiger charge is -1.92. The van der Waals surface area contributed by atoms with Crippen LogP contribution in [0.3, 0.4) is 0 Å². The molecule has 0 aromatic carbocycles. The van der Waals surface area contributed by atoms with Crippen LogP contribution in [-0.4, -0.2) is 16.7 Å². The zero-order valence-corrected chi connectivity index (χ0v) is 6.21. The Kier molecular flexibility index (Phi) is 4.42. The Morgan fingerprint density at radius 1 is 1.62 bits per heavy atom. The van der Waals surface area contributed by atoms with Crippen LogP contribution in [0.4, 0.5) is 0 Å². The van der Waals surface area contributed by atoms with Crippen molar-refractivity contribution in [3.8, 4) is 0 Å². The van der Waals surface area contributed by atoms with Crippen LogP contribution in [0.5, 0.6) is 0 Å².